The third-order valence-corrected chi connectivity index (χ3v) is 5.07. The van der Waals surface area contributed by atoms with E-state index >= 15 is 0 Å². The first kappa shape index (κ1) is 16.5. The normalized spacial score (nSPS) is 18.1. The van der Waals surface area contributed by atoms with Crippen LogP contribution in [0.25, 0.3) is 0 Å². The van der Waals surface area contributed by atoms with Crippen LogP contribution in [0.15, 0.2) is 18.2 Å². The van der Waals surface area contributed by atoms with Crippen LogP contribution >= 0.6 is 0 Å². The Hall–Kier alpha value is -0.820. The molecular formula is C20H33N. The summed E-state index contributed by atoms with van der Waals surface area (Å²) < 4.78 is 0. The third-order valence-electron chi connectivity index (χ3n) is 5.07. The number of aryl methyl sites for hydroxylation is 2. The molecule has 0 spiro atoms. The summed E-state index contributed by atoms with van der Waals surface area (Å²) in [5.74, 6) is 1.70. The molecule has 2 rings (SSSR count). The molecule has 118 valence electrons. The molecule has 0 aromatic heterocycles. The number of benzene rings is 1. The molecule has 0 aliphatic heterocycles. The molecule has 0 bridgehead atoms. The van der Waals surface area contributed by atoms with Gasteiger partial charge in [0, 0.05) is 5.54 Å². The average Bonchev–Trinajstić information content (AvgIpc) is 2.90. The smallest absolute Gasteiger partial charge is 0.00966 e. The minimum Gasteiger partial charge on any atom is -0.312 e. The van der Waals surface area contributed by atoms with Gasteiger partial charge in [0.2, 0.25) is 0 Å². The Kier molecular flexibility index (Phi) is 5.48. The summed E-state index contributed by atoms with van der Waals surface area (Å²) in [6.45, 7) is 12.5. The SMILES string of the molecule is Cc1cccc(C)c1CC(CNC(C)(C)C)C1CCCC1. The van der Waals surface area contributed by atoms with Crippen molar-refractivity contribution >= 4 is 0 Å². The Bertz CT molecular complexity index is 429. The maximum absolute atomic E-state index is 3.76. The molecule has 1 nitrogen and oxygen atoms in total. The van der Waals surface area contributed by atoms with Crippen LogP contribution in [0.1, 0.15) is 63.1 Å². The van der Waals surface area contributed by atoms with Gasteiger partial charge in [-0.2, -0.15) is 0 Å². The molecule has 1 atom stereocenters. The van der Waals surface area contributed by atoms with Gasteiger partial charge in [-0.3, -0.25) is 0 Å². The molecule has 0 amide bonds. The van der Waals surface area contributed by atoms with Crippen molar-refractivity contribution in [3.8, 4) is 0 Å². The molecule has 1 unspecified atom stereocenters. The van der Waals surface area contributed by atoms with Gasteiger partial charge in [-0.1, -0.05) is 43.9 Å². The Morgan fingerprint density at radius 3 is 2.19 bits per heavy atom. The molecule has 0 heterocycles. The Balaban J connectivity index is 2.11. The van der Waals surface area contributed by atoms with E-state index in [1.807, 2.05) is 0 Å². The van der Waals surface area contributed by atoms with Crippen molar-refractivity contribution in [2.45, 2.75) is 72.3 Å². The number of rotatable bonds is 5. The molecule has 1 fully saturated rings. The summed E-state index contributed by atoms with van der Waals surface area (Å²) in [6.07, 6.45) is 6.97. The Morgan fingerprint density at radius 1 is 1.10 bits per heavy atom. The quantitative estimate of drug-likeness (QED) is 0.800. The van der Waals surface area contributed by atoms with E-state index in [-0.39, 0.29) is 5.54 Å². The van der Waals surface area contributed by atoms with E-state index in [0.717, 1.165) is 18.4 Å². The Labute approximate surface area is 131 Å². The predicted molar refractivity (Wildman–Crippen MR) is 92.8 cm³/mol. The maximum Gasteiger partial charge on any atom is 0.00966 e. The van der Waals surface area contributed by atoms with E-state index in [1.54, 1.807) is 5.56 Å². The second-order valence-corrected chi connectivity index (χ2v) is 8.01. The van der Waals surface area contributed by atoms with E-state index in [4.69, 9.17) is 0 Å². The minimum atomic E-state index is 0.220. The average molecular weight is 287 g/mol. The monoisotopic (exact) mass is 287 g/mol. The van der Waals surface area contributed by atoms with Crippen molar-refractivity contribution in [2.24, 2.45) is 11.8 Å². The molecule has 1 aliphatic rings. The van der Waals surface area contributed by atoms with Crippen LogP contribution in [0.4, 0.5) is 0 Å². The van der Waals surface area contributed by atoms with Gasteiger partial charge in [-0.15, -0.1) is 0 Å². The summed E-state index contributed by atoms with van der Waals surface area (Å²) in [6, 6.07) is 6.72. The van der Waals surface area contributed by atoms with Crippen molar-refractivity contribution in [3.63, 3.8) is 0 Å². The van der Waals surface area contributed by atoms with E-state index in [0.29, 0.717) is 0 Å². The van der Waals surface area contributed by atoms with Crippen LogP contribution in [0.2, 0.25) is 0 Å². The molecule has 1 aromatic rings. The first-order valence-electron chi connectivity index (χ1n) is 8.67. The van der Waals surface area contributed by atoms with E-state index in [9.17, 15) is 0 Å². The molecule has 1 heteroatoms. The highest BCUT2D eigenvalue weighted by Gasteiger charge is 2.27. The van der Waals surface area contributed by atoms with Gasteiger partial charge >= 0.3 is 0 Å². The van der Waals surface area contributed by atoms with Crippen molar-refractivity contribution in [1.29, 1.82) is 0 Å². The van der Waals surface area contributed by atoms with Gasteiger partial charge in [0.15, 0.2) is 0 Å². The maximum atomic E-state index is 3.76. The van der Waals surface area contributed by atoms with Crippen LogP contribution in [-0.2, 0) is 6.42 Å². The summed E-state index contributed by atoms with van der Waals surface area (Å²) in [5.41, 5.74) is 4.74. The van der Waals surface area contributed by atoms with Gasteiger partial charge in [0.1, 0.15) is 0 Å². The third kappa shape index (κ3) is 4.85. The second kappa shape index (κ2) is 6.96. The van der Waals surface area contributed by atoms with Crippen molar-refractivity contribution in [2.75, 3.05) is 6.54 Å². The summed E-state index contributed by atoms with van der Waals surface area (Å²) >= 11 is 0. The zero-order chi connectivity index (χ0) is 15.5. The van der Waals surface area contributed by atoms with Crippen LogP contribution in [0.3, 0.4) is 0 Å². The largest absolute Gasteiger partial charge is 0.312 e. The molecule has 1 saturated carbocycles. The fraction of sp³-hybridized carbons (Fsp3) is 0.700. The molecular weight excluding hydrogens is 254 g/mol. The number of hydrogen-bond acceptors (Lipinski definition) is 1. The lowest BCUT2D eigenvalue weighted by molar-refractivity contribution is 0.286. The molecule has 0 saturated heterocycles. The zero-order valence-corrected chi connectivity index (χ0v) is 14.6. The van der Waals surface area contributed by atoms with Crippen LogP contribution in [-0.4, -0.2) is 12.1 Å². The second-order valence-electron chi connectivity index (χ2n) is 8.01. The highest BCUT2D eigenvalue weighted by atomic mass is 14.9. The Morgan fingerprint density at radius 2 is 1.67 bits per heavy atom. The summed E-state index contributed by atoms with van der Waals surface area (Å²) in [5, 5.41) is 3.76. The number of hydrogen-bond donors (Lipinski definition) is 1. The van der Waals surface area contributed by atoms with Gasteiger partial charge in [0.25, 0.3) is 0 Å². The highest BCUT2D eigenvalue weighted by molar-refractivity contribution is 5.34. The lowest BCUT2D eigenvalue weighted by Crippen LogP contribution is -2.41. The fourth-order valence-corrected chi connectivity index (χ4v) is 3.70. The molecule has 21 heavy (non-hydrogen) atoms. The molecule has 1 aliphatic carbocycles. The topological polar surface area (TPSA) is 12.0 Å². The van der Waals surface area contributed by atoms with Crippen molar-refractivity contribution < 1.29 is 0 Å². The highest BCUT2D eigenvalue weighted by Crippen LogP contribution is 2.34. The molecule has 1 aromatic carbocycles. The summed E-state index contributed by atoms with van der Waals surface area (Å²) in [4.78, 5) is 0. The lowest BCUT2D eigenvalue weighted by Gasteiger charge is -2.30. The molecule has 1 N–H and O–H groups in total. The van der Waals surface area contributed by atoms with Crippen molar-refractivity contribution in [3.05, 3.63) is 34.9 Å². The van der Waals surface area contributed by atoms with E-state index < -0.39 is 0 Å². The van der Waals surface area contributed by atoms with Crippen LogP contribution < -0.4 is 5.32 Å². The zero-order valence-electron chi connectivity index (χ0n) is 14.6. The van der Waals surface area contributed by atoms with E-state index in [2.05, 4.69) is 58.1 Å². The standard InChI is InChI=1S/C20H33N/c1-15-9-8-10-16(2)19(15)13-18(14-21-20(3,4)5)17-11-6-7-12-17/h8-10,17-18,21H,6-7,11-14H2,1-5H3. The fourth-order valence-electron chi connectivity index (χ4n) is 3.70. The molecule has 0 radical (unpaired) electrons. The van der Waals surface area contributed by atoms with Gasteiger partial charge in [-0.25, -0.2) is 0 Å². The van der Waals surface area contributed by atoms with Gasteiger partial charge in [0.05, 0.1) is 0 Å². The first-order chi connectivity index (χ1) is 9.87. The van der Waals surface area contributed by atoms with Crippen molar-refractivity contribution in [1.82, 2.24) is 5.32 Å². The van der Waals surface area contributed by atoms with Gasteiger partial charge < -0.3 is 5.32 Å². The lowest BCUT2D eigenvalue weighted by atomic mass is 9.83. The van der Waals surface area contributed by atoms with Crippen LogP contribution in [0.5, 0.6) is 0 Å². The minimum absolute atomic E-state index is 0.220. The number of nitrogens with one attached hydrogen (secondary N) is 1. The van der Waals surface area contributed by atoms with Crippen LogP contribution in [0, 0.1) is 25.7 Å². The van der Waals surface area contributed by atoms with E-state index in [1.165, 1.54) is 43.2 Å². The van der Waals surface area contributed by atoms with Gasteiger partial charge in [-0.05, 0) is 76.1 Å². The summed E-state index contributed by atoms with van der Waals surface area (Å²) in [7, 11) is 0. The first-order valence-corrected chi connectivity index (χ1v) is 8.67. The predicted octanol–water partition coefficient (Wildman–Crippen LogP) is 5.04.